The van der Waals surface area contributed by atoms with Gasteiger partial charge in [0, 0.05) is 21.0 Å². The summed E-state index contributed by atoms with van der Waals surface area (Å²) in [4.78, 5) is 25.2. The third-order valence-corrected chi connectivity index (χ3v) is 6.73. The van der Waals surface area contributed by atoms with Crippen LogP contribution in [0.3, 0.4) is 0 Å². The van der Waals surface area contributed by atoms with Crippen LogP contribution in [-0.2, 0) is 17.6 Å². The van der Waals surface area contributed by atoms with Crippen LogP contribution < -0.4 is 16.4 Å². The van der Waals surface area contributed by atoms with E-state index in [0.29, 0.717) is 22.1 Å². The third kappa shape index (κ3) is 4.95. The second kappa shape index (κ2) is 9.17. The molecular formula is C22H18BrN3O3S2. The van der Waals surface area contributed by atoms with Gasteiger partial charge in [-0.15, -0.1) is 11.3 Å². The number of amides is 2. The molecule has 0 saturated heterocycles. The minimum atomic E-state index is -0.490. The van der Waals surface area contributed by atoms with Gasteiger partial charge in [-0.1, -0.05) is 28.1 Å². The number of anilines is 1. The van der Waals surface area contributed by atoms with E-state index >= 15 is 0 Å². The minimum absolute atomic E-state index is 0.104. The number of fused-ring (bicyclic) bond motifs is 1. The maximum absolute atomic E-state index is 12.2. The number of nitrogens with two attached hydrogens (primary N) is 1. The molecule has 0 aliphatic heterocycles. The Bertz CT molecular complexity index is 1200. The van der Waals surface area contributed by atoms with Crippen LogP contribution in [0.2, 0.25) is 0 Å². The van der Waals surface area contributed by atoms with Crippen molar-refractivity contribution in [2.75, 3.05) is 5.32 Å². The van der Waals surface area contributed by atoms with Gasteiger partial charge in [-0.05, 0) is 67.4 Å². The molecule has 1 aliphatic carbocycles. The van der Waals surface area contributed by atoms with Gasteiger partial charge in [0.15, 0.2) is 5.11 Å². The number of hydrogen-bond donors (Lipinski definition) is 3. The molecule has 158 valence electrons. The Morgan fingerprint density at radius 2 is 1.94 bits per heavy atom. The number of aryl methyl sites for hydroxylation is 1. The maximum Gasteiger partial charge on any atom is 0.251 e. The van der Waals surface area contributed by atoms with E-state index in [-0.39, 0.29) is 5.11 Å². The van der Waals surface area contributed by atoms with E-state index in [0.717, 1.165) is 39.7 Å². The van der Waals surface area contributed by atoms with Crippen LogP contribution in [0.25, 0.3) is 17.4 Å². The predicted molar refractivity (Wildman–Crippen MR) is 130 cm³/mol. The monoisotopic (exact) mass is 515 g/mol. The number of primary amides is 1. The number of rotatable bonds is 5. The number of carbonyl (C=O) groups excluding carboxylic acids is 2. The van der Waals surface area contributed by atoms with Crippen molar-refractivity contribution in [2.24, 2.45) is 5.73 Å². The van der Waals surface area contributed by atoms with Gasteiger partial charge >= 0.3 is 0 Å². The van der Waals surface area contributed by atoms with Gasteiger partial charge in [0.2, 0.25) is 5.91 Å². The van der Waals surface area contributed by atoms with E-state index in [4.69, 9.17) is 22.4 Å². The van der Waals surface area contributed by atoms with Crippen molar-refractivity contribution >= 4 is 67.5 Å². The van der Waals surface area contributed by atoms with Crippen LogP contribution in [0.15, 0.2) is 51.4 Å². The first kappa shape index (κ1) is 21.5. The van der Waals surface area contributed by atoms with Crippen molar-refractivity contribution in [3.8, 4) is 11.3 Å². The van der Waals surface area contributed by atoms with E-state index < -0.39 is 11.8 Å². The highest BCUT2D eigenvalue weighted by atomic mass is 79.9. The van der Waals surface area contributed by atoms with Gasteiger partial charge in [-0.2, -0.15) is 0 Å². The fourth-order valence-electron chi connectivity index (χ4n) is 3.41. The molecule has 0 fully saturated rings. The maximum atomic E-state index is 12.2. The zero-order valence-electron chi connectivity index (χ0n) is 16.2. The van der Waals surface area contributed by atoms with Gasteiger partial charge in [0.05, 0.1) is 5.56 Å². The Morgan fingerprint density at radius 1 is 1.16 bits per heavy atom. The highest BCUT2D eigenvalue weighted by Crippen LogP contribution is 2.38. The number of thiocarbonyl (C=S) groups is 1. The van der Waals surface area contributed by atoms with Crippen LogP contribution in [0.5, 0.6) is 0 Å². The normalized spacial score (nSPS) is 12.7. The van der Waals surface area contributed by atoms with E-state index in [1.165, 1.54) is 17.4 Å². The molecule has 0 radical (unpaired) electrons. The number of thiophene rings is 1. The second-order valence-electron chi connectivity index (χ2n) is 6.91. The van der Waals surface area contributed by atoms with Crippen molar-refractivity contribution in [2.45, 2.75) is 19.3 Å². The highest BCUT2D eigenvalue weighted by Gasteiger charge is 2.25. The zero-order chi connectivity index (χ0) is 22.0. The van der Waals surface area contributed by atoms with Gasteiger partial charge in [-0.25, -0.2) is 0 Å². The molecule has 0 unspecified atom stereocenters. The SMILES string of the molecule is NC(=O)c1c(NC(=S)NC(=O)/C=C/c2ccc(-c3ccc(Br)cc3)o2)sc2c1CCC2. The largest absolute Gasteiger partial charge is 0.457 e. The number of benzene rings is 1. The molecule has 3 aromatic rings. The van der Waals surface area contributed by atoms with E-state index in [9.17, 15) is 9.59 Å². The summed E-state index contributed by atoms with van der Waals surface area (Å²) in [5.74, 6) is 0.339. The van der Waals surface area contributed by atoms with Crippen LogP contribution >= 0.6 is 39.5 Å². The molecule has 2 amide bonds. The average Bonchev–Trinajstić information content (AvgIpc) is 3.42. The number of hydrogen-bond acceptors (Lipinski definition) is 5. The molecule has 31 heavy (non-hydrogen) atoms. The van der Waals surface area contributed by atoms with Crippen molar-refractivity contribution in [3.63, 3.8) is 0 Å². The third-order valence-electron chi connectivity index (χ3n) is 4.79. The summed E-state index contributed by atoms with van der Waals surface area (Å²) in [6.45, 7) is 0. The standard InChI is InChI=1S/C22H18BrN3O3S2/c23-13-6-4-12(5-7-13)16-10-8-14(29-16)9-11-18(27)25-22(30)26-21-19(20(24)28)15-2-1-3-17(15)31-21/h4-11H,1-3H2,(H2,24,28)(H2,25,26,27,30)/b11-9+. The summed E-state index contributed by atoms with van der Waals surface area (Å²) in [7, 11) is 0. The van der Waals surface area contributed by atoms with Gasteiger partial charge in [0.25, 0.3) is 5.91 Å². The topological polar surface area (TPSA) is 97.4 Å². The van der Waals surface area contributed by atoms with Gasteiger partial charge in [0.1, 0.15) is 16.5 Å². The Hall–Kier alpha value is -2.75. The van der Waals surface area contributed by atoms with E-state index in [1.54, 1.807) is 12.1 Å². The summed E-state index contributed by atoms with van der Waals surface area (Å²) in [5, 5.41) is 6.20. The Morgan fingerprint density at radius 3 is 2.68 bits per heavy atom. The zero-order valence-corrected chi connectivity index (χ0v) is 19.5. The lowest BCUT2D eigenvalue weighted by Crippen LogP contribution is -2.33. The molecule has 0 atom stereocenters. The molecule has 2 aromatic heterocycles. The molecule has 9 heteroatoms. The number of nitrogens with one attached hydrogen (secondary N) is 2. The minimum Gasteiger partial charge on any atom is -0.457 e. The highest BCUT2D eigenvalue weighted by molar-refractivity contribution is 9.10. The molecule has 1 aromatic carbocycles. The quantitative estimate of drug-likeness (QED) is 0.332. The fraction of sp³-hybridized carbons (Fsp3) is 0.136. The first-order valence-corrected chi connectivity index (χ1v) is 11.5. The summed E-state index contributed by atoms with van der Waals surface area (Å²) in [5.41, 5.74) is 7.95. The van der Waals surface area contributed by atoms with Crippen LogP contribution in [0.4, 0.5) is 5.00 Å². The summed E-state index contributed by atoms with van der Waals surface area (Å²) < 4.78 is 6.74. The molecule has 6 nitrogen and oxygen atoms in total. The Labute approximate surface area is 196 Å². The number of carbonyl (C=O) groups is 2. The summed E-state index contributed by atoms with van der Waals surface area (Å²) >= 11 is 10.1. The molecule has 4 rings (SSSR count). The Kier molecular flexibility index (Phi) is 6.35. The van der Waals surface area contributed by atoms with E-state index in [1.807, 2.05) is 30.3 Å². The lowest BCUT2D eigenvalue weighted by Gasteiger charge is -2.08. The van der Waals surface area contributed by atoms with Crippen molar-refractivity contribution in [1.29, 1.82) is 0 Å². The lowest BCUT2D eigenvalue weighted by atomic mass is 10.1. The van der Waals surface area contributed by atoms with Crippen LogP contribution in [0.1, 0.15) is 33.0 Å². The molecule has 2 heterocycles. The summed E-state index contributed by atoms with van der Waals surface area (Å²) in [6.07, 6.45) is 5.68. The van der Waals surface area contributed by atoms with Crippen LogP contribution in [-0.4, -0.2) is 16.9 Å². The predicted octanol–water partition coefficient (Wildman–Crippen LogP) is 4.88. The van der Waals surface area contributed by atoms with Crippen molar-refractivity contribution < 1.29 is 14.0 Å². The lowest BCUT2D eigenvalue weighted by molar-refractivity contribution is -0.115. The fourth-order valence-corrected chi connectivity index (χ4v) is 5.24. The molecule has 0 bridgehead atoms. The van der Waals surface area contributed by atoms with Gasteiger partial charge in [-0.3, -0.25) is 14.9 Å². The first-order valence-electron chi connectivity index (χ1n) is 9.51. The summed E-state index contributed by atoms with van der Waals surface area (Å²) in [6, 6.07) is 11.4. The van der Waals surface area contributed by atoms with Crippen LogP contribution in [0, 0.1) is 0 Å². The van der Waals surface area contributed by atoms with Crippen molar-refractivity contribution in [3.05, 3.63) is 68.7 Å². The Balaban J connectivity index is 1.37. The van der Waals surface area contributed by atoms with Gasteiger partial charge < -0.3 is 15.5 Å². The van der Waals surface area contributed by atoms with Crippen molar-refractivity contribution in [1.82, 2.24) is 5.32 Å². The van der Waals surface area contributed by atoms with E-state index in [2.05, 4.69) is 26.6 Å². The first-order chi connectivity index (χ1) is 14.9. The smallest absolute Gasteiger partial charge is 0.251 e. The molecule has 1 aliphatic rings. The number of furan rings is 1. The molecule has 0 spiro atoms. The molecule has 0 saturated carbocycles. The molecule has 4 N–H and O–H groups in total. The second-order valence-corrected chi connectivity index (χ2v) is 9.34. The molecular weight excluding hydrogens is 498 g/mol. The number of halogens is 1. The average molecular weight is 516 g/mol.